The first-order valence-corrected chi connectivity index (χ1v) is 12.7. The van der Waals surface area contributed by atoms with E-state index in [0.29, 0.717) is 24.1 Å². The minimum Gasteiger partial charge on any atom is -0.461 e. The molecule has 182 valence electrons. The molecule has 9 heteroatoms. The lowest BCUT2D eigenvalue weighted by Gasteiger charge is -2.30. The standard InChI is InChI=1S/C26H25FN2O5S/c27-23-8-4-5-9-24(23)35(32,33)29-16-14-21(15-17-29)26(31)34-18-19-10-12-20(13-11-19)25(30)28-22-6-2-1-3-7-22/h1-13,21H,14-18H2,(H,28,30). The zero-order chi connectivity index (χ0) is 24.8. The highest BCUT2D eigenvalue weighted by atomic mass is 32.2. The molecule has 1 fully saturated rings. The van der Waals surface area contributed by atoms with Gasteiger partial charge in [0.15, 0.2) is 0 Å². The zero-order valence-corrected chi connectivity index (χ0v) is 19.7. The van der Waals surface area contributed by atoms with Gasteiger partial charge < -0.3 is 10.1 Å². The minimum atomic E-state index is -3.95. The summed E-state index contributed by atoms with van der Waals surface area (Å²) < 4.78 is 46.0. The van der Waals surface area contributed by atoms with Crippen LogP contribution in [0, 0.1) is 11.7 Å². The summed E-state index contributed by atoms with van der Waals surface area (Å²) in [6.07, 6.45) is 0.593. The number of rotatable bonds is 7. The Labute approximate surface area is 203 Å². The van der Waals surface area contributed by atoms with E-state index in [1.807, 2.05) is 18.2 Å². The maximum atomic E-state index is 14.0. The molecule has 1 heterocycles. The lowest BCUT2D eigenvalue weighted by Crippen LogP contribution is -2.40. The molecule has 3 aromatic rings. The second-order valence-electron chi connectivity index (χ2n) is 8.23. The molecule has 0 aromatic heterocycles. The fourth-order valence-electron chi connectivity index (χ4n) is 3.87. The summed E-state index contributed by atoms with van der Waals surface area (Å²) in [6, 6.07) is 21.1. The molecule has 0 spiro atoms. The van der Waals surface area contributed by atoms with Crippen LogP contribution < -0.4 is 5.32 Å². The molecule has 7 nitrogen and oxygen atoms in total. The molecule has 0 saturated carbocycles. The monoisotopic (exact) mass is 496 g/mol. The van der Waals surface area contributed by atoms with Crippen LogP contribution in [0.5, 0.6) is 0 Å². The molecular formula is C26H25FN2O5S. The quantitative estimate of drug-likeness (QED) is 0.495. The van der Waals surface area contributed by atoms with Crippen LogP contribution in [0.2, 0.25) is 0 Å². The van der Waals surface area contributed by atoms with Crippen LogP contribution in [0.15, 0.2) is 83.8 Å². The predicted octanol–water partition coefficient (Wildman–Crippen LogP) is 4.22. The number of nitrogens with one attached hydrogen (secondary N) is 1. The number of benzene rings is 3. The lowest BCUT2D eigenvalue weighted by molar-refractivity contribution is -0.151. The van der Waals surface area contributed by atoms with Gasteiger partial charge in [-0.1, -0.05) is 42.5 Å². The number of para-hydroxylation sites is 1. The first-order chi connectivity index (χ1) is 16.8. The molecule has 1 aliphatic rings. The molecule has 0 unspecified atom stereocenters. The Balaban J connectivity index is 1.26. The van der Waals surface area contributed by atoms with Gasteiger partial charge in [0.2, 0.25) is 10.0 Å². The van der Waals surface area contributed by atoms with Gasteiger partial charge in [-0.25, -0.2) is 12.8 Å². The van der Waals surface area contributed by atoms with E-state index >= 15 is 0 Å². The van der Waals surface area contributed by atoms with Gasteiger partial charge >= 0.3 is 5.97 Å². The van der Waals surface area contributed by atoms with E-state index in [1.54, 1.807) is 36.4 Å². The molecule has 0 radical (unpaired) electrons. The third kappa shape index (κ3) is 5.93. The highest BCUT2D eigenvalue weighted by Gasteiger charge is 2.34. The summed E-state index contributed by atoms with van der Waals surface area (Å²) in [5.74, 6) is -1.87. The number of carbonyl (C=O) groups is 2. The number of hydrogen-bond donors (Lipinski definition) is 1. The van der Waals surface area contributed by atoms with Crippen molar-refractivity contribution in [2.24, 2.45) is 5.92 Å². The summed E-state index contributed by atoms with van der Waals surface area (Å²) in [5.41, 5.74) is 1.91. The summed E-state index contributed by atoms with van der Waals surface area (Å²) in [7, 11) is -3.95. The summed E-state index contributed by atoms with van der Waals surface area (Å²) in [6.45, 7) is 0.274. The average molecular weight is 497 g/mol. The first-order valence-electron chi connectivity index (χ1n) is 11.2. The van der Waals surface area contributed by atoms with Gasteiger partial charge in [0, 0.05) is 24.3 Å². The molecule has 0 atom stereocenters. The van der Waals surface area contributed by atoms with Gasteiger partial charge in [0.05, 0.1) is 5.92 Å². The van der Waals surface area contributed by atoms with Gasteiger partial charge in [0.25, 0.3) is 5.91 Å². The van der Waals surface area contributed by atoms with Crippen LogP contribution in [-0.2, 0) is 26.2 Å². The number of halogens is 1. The first kappa shape index (κ1) is 24.6. The van der Waals surface area contributed by atoms with Crippen molar-refractivity contribution in [3.63, 3.8) is 0 Å². The molecule has 4 rings (SSSR count). The molecule has 3 aromatic carbocycles. The fraction of sp³-hybridized carbons (Fsp3) is 0.231. The highest BCUT2D eigenvalue weighted by molar-refractivity contribution is 7.89. The van der Waals surface area contributed by atoms with Gasteiger partial charge in [0.1, 0.15) is 17.3 Å². The number of anilines is 1. The number of piperidine rings is 1. The Morgan fingerprint density at radius 1 is 0.914 bits per heavy atom. The van der Waals surface area contributed by atoms with E-state index in [4.69, 9.17) is 4.74 Å². The molecular weight excluding hydrogens is 471 g/mol. The normalized spacial score (nSPS) is 14.9. The molecule has 35 heavy (non-hydrogen) atoms. The van der Waals surface area contributed by atoms with Gasteiger partial charge in [-0.05, 0) is 54.8 Å². The van der Waals surface area contributed by atoms with Gasteiger partial charge in [-0.15, -0.1) is 0 Å². The Hall–Kier alpha value is -3.56. The number of hydrogen-bond acceptors (Lipinski definition) is 5. The van der Waals surface area contributed by atoms with E-state index in [-0.39, 0.29) is 30.5 Å². The van der Waals surface area contributed by atoms with Gasteiger partial charge in [-0.2, -0.15) is 4.31 Å². The third-order valence-electron chi connectivity index (χ3n) is 5.87. The molecule has 0 bridgehead atoms. The Morgan fingerprint density at radius 2 is 1.54 bits per heavy atom. The largest absolute Gasteiger partial charge is 0.461 e. The van der Waals surface area contributed by atoms with Crippen molar-refractivity contribution in [3.05, 3.63) is 95.8 Å². The van der Waals surface area contributed by atoms with Crippen molar-refractivity contribution >= 4 is 27.6 Å². The Kier molecular flexibility index (Phi) is 7.57. The van der Waals surface area contributed by atoms with Crippen molar-refractivity contribution in [1.82, 2.24) is 4.31 Å². The molecule has 1 amide bonds. The second kappa shape index (κ2) is 10.8. The van der Waals surface area contributed by atoms with Crippen molar-refractivity contribution in [3.8, 4) is 0 Å². The Morgan fingerprint density at radius 3 is 2.20 bits per heavy atom. The smallest absolute Gasteiger partial charge is 0.309 e. The lowest BCUT2D eigenvalue weighted by atomic mass is 9.98. The van der Waals surface area contributed by atoms with E-state index in [1.165, 1.54) is 22.5 Å². The number of ether oxygens (including phenoxy) is 1. The van der Waals surface area contributed by atoms with Crippen molar-refractivity contribution in [2.45, 2.75) is 24.3 Å². The van der Waals surface area contributed by atoms with E-state index in [9.17, 15) is 22.4 Å². The third-order valence-corrected chi connectivity index (χ3v) is 7.80. The second-order valence-corrected chi connectivity index (χ2v) is 10.1. The topological polar surface area (TPSA) is 92.8 Å². The van der Waals surface area contributed by atoms with Crippen LogP contribution in [-0.4, -0.2) is 37.7 Å². The number of carbonyl (C=O) groups excluding carboxylic acids is 2. The number of sulfonamides is 1. The van der Waals surface area contributed by atoms with Crippen molar-refractivity contribution in [1.29, 1.82) is 0 Å². The fourth-order valence-corrected chi connectivity index (χ4v) is 5.41. The van der Waals surface area contributed by atoms with Gasteiger partial charge in [-0.3, -0.25) is 9.59 Å². The summed E-state index contributed by atoms with van der Waals surface area (Å²) >= 11 is 0. The number of esters is 1. The van der Waals surface area contributed by atoms with Crippen LogP contribution in [0.25, 0.3) is 0 Å². The van der Waals surface area contributed by atoms with Crippen LogP contribution in [0.3, 0.4) is 0 Å². The maximum absolute atomic E-state index is 14.0. The van der Waals surface area contributed by atoms with E-state index in [2.05, 4.69) is 5.32 Å². The number of nitrogens with zero attached hydrogens (tertiary/aromatic N) is 1. The van der Waals surface area contributed by atoms with E-state index < -0.39 is 27.7 Å². The van der Waals surface area contributed by atoms with Crippen LogP contribution >= 0.6 is 0 Å². The molecule has 0 aliphatic carbocycles. The van der Waals surface area contributed by atoms with Crippen LogP contribution in [0.4, 0.5) is 10.1 Å². The summed E-state index contributed by atoms with van der Waals surface area (Å²) in [4.78, 5) is 24.5. The molecule has 1 aliphatic heterocycles. The van der Waals surface area contributed by atoms with Crippen LogP contribution in [0.1, 0.15) is 28.8 Å². The average Bonchev–Trinajstić information content (AvgIpc) is 2.88. The SMILES string of the molecule is O=C(Nc1ccccc1)c1ccc(COC(=O)C2CCN(S(=O)(=O)c3ccccc3F)CC2)cc1. The van der Waals surface area contributed by atoms with E-state index in [0.717, 1.165) is 11.6 Å². The molecule has 1 N–H and O–H groups in total. The zero-order valence-electron chi connectivity index (χ0n) is 18.9. The Bertz CT molecular complexity index is 1290. The minimum absolute atomic E-state index is 0.0488. The molecule has 1 saturated heterocycles. The number of amides is 1. The van der Waals surface area contributed by atoms with Crippen molar-refractivity contribution in [2.75, 3.05) is 18.4 Å². The maximum Gasteiger partial charge on any atom is 0.309 e. The summed E-state index contributed by atoms with van der Waals surface area (Å²) in [5, 5.41) is 2.81. The van der Waals surface area contributed by atoms with Crippen molar-refractivity contribution < 1.29 is 27.1 Å². The predicted molar refractivity (Wildman–Crippen MR) is 129 cm³/mol. The highest BCUT2D eigenvalue weighted by Crippen LogP contribution is 2.26.